The minimum atomic E-state index is 0.636. The van der Waals surface area contributed by atoms with Crippen LogP contribution in [-0.2, 0) is 6.42 Å². The second-order valence-electron chi connectivity index (χ2n) is 6.03. The molecule has 100 valence electrons. The smallest absolute Gasteiger partial charge is 0.00702 e. The molecule has 1 N–H and O–H groups in total. The third-order valence-electron chi connectivity index (χ3n) is 4.21. The molecule has 2 rings (SSSR count). The monoisotopic (exact) mass is 245 g/mol. The predicted molar refractivity (Wildman–Crippen MR) is 79.2 cm³/mol. The first-order valence-corrected chi connectivity index (χ1v) is 7.49. The van der Waals surface area contributed by atoms with Gasteiger partial charge in [-0.15, -0.1) is 0 Å². The molecule has 1 fully saturated rings. The number of nitrogens with one attached hydrogen (secondary N) is 1. The highest BCUT2D eigenvalue weighted by Gasteiger charge is 2.13. The predicted octanol–water partition coefficient (Wildman–Crippen LogP) is 4.19. The van der Waals surface area contributed by atoms with Crippen LogP contribution in [0.25, 0.3) is 0 Å². The molecule has 1 aliphatic heterocycles. The van der Waals surface area contributed by atoms with Gasteiger partial charge in [0.15, 0.2) is 0 Å². The summed E-state index contributed by atoms with van der Waals surface area (Å²) >= 11 is 0. The molecule has 0 aliphatic carbocycles. The Morgan fingerprint density at radius 3 is 2.78 bits per heavy atom. The molecule has 18 heavy (non-hydrogen) atoms. The molecular weight excluding hydrogens is 218 g/mol. The molecule has 1 aromatic rings. The number of rotatable bonds is 4. The van der Waals surface area contributed by atoms with Crippen LogP contribution in [0.4, 0.5) is 0 Å². The van der Waals surface area contributed by atoms with E-state index >= 15 is 0 Å². The van der Waals surface area contributed by atoms with Gasteiger partial charge in [0, 0.05) is 6.04 Å². The number of hydrogen-bond acceptors (Lipinski definition) is 1. The van der Waals surface area contributed by atoms with Crippen molar-refractivity contribution in [1.29, 1.82) is 0 Å². The Labute approximate surface area is 112 Å². The van der Waals surface area contributed by atoms with Gasteiger partial charge in [-0.3, -0.25) is 0 Å². The van der Waals surface area contributed by atoms with Crippen molar-refractivity contribution in [2.45, 2.75) is 64.8 Å². The van der Waals surface area contributed by atoms with Crippen LogP contribution in [0.1, 0.15) is 62.1 Å². The zero-order valence-corrected chi connectivity index (χ0v) is 12.1. The molecule has 1 nitrogen and oxygen atoms in total. The Morgan fingerprint density at radius 1 is 1.28 bits per heavy atom. The van der Waals surface area contributed by atoms with Crippen molar-refractivity contribution >= 4 is 0 Å². The molecule has 1 heterocycles. The summed E-state index contributed by atoms with van der Waals surface area (Å²) in [4.78, 5) is 0. The van der Waals surface area contributed by atoms with Crippen LogP contribution in [0.2, 0.25) is 0 Å². The normalized spacial score (nSPS) is 20.3. The van der Waals surface area contributed by atoms with E-state index in [1.807, 2.05) is 0 Å². The number of benzene rings is 1. The fourth-order valence-corrected chi connectivity index (χ4v) is 2.82. The molecule has 0 bridgehead atoms. The van der Waals surface area contributed by atoms with E-state index in [0.717, 1.165) is 6.04 Å². The Morgan fingerprint density at radius 2 is 2.11 bits per heavy atom. The summed E-state index contributed by atoms with van der Waals surface area (Å²) < 4.78 is 0. The summed E-state index contributed by atoms with van der Waals surface area (Å²) in [5, 5.41) is 3.65. The maximum absolute atomic E-state index is 3.65. The molecule has 0 aromatic heterocycles. The average molecular weight is 245 g/mol. The van der Waals surface area contributed by atoms with Crippen molar-refractivity contribution < 1.29 is 0 Å². The minimum absolute atomic E-state index is 0.636. The maximum atomic E-state index is 3.65. The standard InChI is InChI=1S/C17H27N/c1-13(2)15-8-7-14(3)16(12-15)9-10-17-6-4-5-11-18-17/h7-8,12-13,17-18H,4-6,9-11H2,1-3H3. The maximum Gasteiger partial charge on any atom is 0.00702 e. The number of aryl methyl sites for hydroxylation is 2. The molecular formula is C17H27N. The first-order valence-electron chi connectivity index (χ1n) is 7.49. The second kappa shape index (κ2) is 6.38. The zero-order chi connectivity index (χ0) is 13.0. The van der Waals surface area contributed by atoms with Crippen molar-refractivity contribution in [3.8, 4) is 0 Å². The van der Waals surface area contributed by atoms with E-state index in [-0.39, 0.29) is 0 Å². The summed E-state index contributed by atoms with van der Waals surface area (Å²) in [6.07, 6.45) is 6.65. The highest BCUT2D eigenvalue weighted by atomic mass is 14.9. The molecule has 1 heteroatoms. The number of piperidine rings is 1. The zero-order valence-electron chi connectivity index (χ0n) is 12.1. The van der Waals surface area contributed by atoms with E-state index in [9.17, 15) is 0 Å². The molecule has 0 saturated carbocycles. The average Bonchev–Trinajstić information content (AvgIpc) is 2.38. The van der Waals surface area contributed by atoms with Crippen molar-refractivity contribution in [1.82, 2.24) is 5.32 Å². The van der Waals surface area contributed by atoms with Gasteiger partial charge in [0.2, 0.25) is 0 Å². The van der Waals surface area contributed by atoms with Crippen LogP contribution in [0.3, 0.4) is 0 Å². The van der Waals surface area contributed by atoms with Crippen molar-refractivity contribution in [2.24, 2.45) is 0 Å². The molecule has 1 saturated heterocycles. The largest absolute Gasteiger partial charge is 0.314 e. The Kier molecular flexibility index (Phi) is 4.82. The molecule has 0 radical (unpaired) electrons. The van der Waals surface area contributed by atoms with Crippen LogP contribution in [0.5, 0.6) is 0 Å². The van der Waals surface area contributed by atoms with Gasteiger partial charge in [0.05, 0.1) is 0 Å². The molecule has 1 aliphatic rings. The lowest BCUT2D eigenvalue weighted by Crippen LogP contribution is -2.34. The summed E-state index contributed by atoms with van der Waals surface area (Å²) in [6.45, 7) is 8.01. The lowest BCUT2D eigenvalue weighted by atomic mass is 9.93. The SMILES string of the molecule is Cc1ccc(C(C)C)cc1CCC1CCCCN1. The van der Waals surface area contributed by atoms with E-state index < -0.39 is 0 Å². The van der Waals surface area contributed by atoms with Gasteiger partial charge in [-0.05, 0) is 61.8 Å². The van der Waals surface area contributed by atoms with Gasteiger partial charge in [0.25, 0.3) is 0 Å². The summed E-state index contributed by atoms with van der Waals surface area (Å²) in [5.74, 6) is 0.636. The van der Waals surface area contributed by atoms with Crippen LogP contribution >= 0.6 is 0 Å². The Hall–Kier alpha value is -0.820. The fourth-order valence-electron chi connectivity index (χ4n) is 2.82. The van der Waals surface area contributed by atoms with Crippen LogP contribution in [-0.4, -0.2) is 12.6 Å². The Balaban J connectivity index is 1.97. The van der Waals surface area contributed by atoms with Crippen LogP contribution in [0, 0.1) is 6.92 Å². The van der Waals surface area contributed by atoms with Gasteiger partial charge >= 0.3 is 0 Å². The van der Waals surface area contributed by atoms with Gasteiger partial charge in [-0.2, -0.15) is 0 Å². The van der Waals surface area contributed by atoms with Crippen LogP contribution < -0.4 is 5.32 Å². The summed E-state index contributed by atoms with van der Waals surface area (Å²) in [5.41, 5.74) is 4.48. The first kappa shape index (κ1) is 13.6. The summed E-state index contributed by atoms with van der Waals surface area (Å²) in [7, 11) is 0. The third kappa shape index (κ3) is 3.58. The van der Waals surface area contributed by atoms with Crippen molar-refractivity contribution in [2.75, 3.05) is 6.54 Å². The highest BCUT2D eigenvalue weighted by molar-refractivity contribution is 5.32. The minimum Gasteiger partial charge on any atom is -0.314 e. The summed E-state index contributed by atoms with van der Waals surface area (Å²) in [6, 6.07) is 7.74. The third-order valence-corrected chi connectivity index (χ3v) is 4.21. The van der Waals surface area contributed by atoms with E-state index in [4.69, 9.17) is 0 Å². The second-order valence-corrected chi connectivity index (χ2v) is 6.03. The van der Waals surface area contributed by atoms with Crippen LogP contribution in [0.15, 0.2) is 18.2 Å². The molecule has 1 aromatic carbocycles. The highest BCUT2D eigenvalue weighted by Crippen LogP contribution is 2.21. The first-order chi connectivity index (χ1) is 8.66. The van der Waals surface area contributed by atoms with E-state index in [1.165, 1.54) is 49.8 Å². The quantitative estimate of drug-likeness (QED) is 0.838. The molecule has 0 spiro atoms. The Bertz CT molecular complexity index is 375. The van der Waals surface area contributed by atoms with Crippen molar-refractivity contribution in [3.05, 3.63) is 34.9 Å². The topological polar surface area (TPSA) is 12.0 Å². The number of hydrogen-bond donors (Lipinski definition) is 1. The van der Waals surface area contributed by atoms with Crippen molar-refractivity contribution in [3.63, 3.8) is 0 Å². The van der Waals surface area contributed by atoms with E-state index in [1.54, 1.807) is 5.56 Å². The van der Waals surface area contributed by atoms with Gasteiger partial charge in [0.1, 0.15) is 0 Å². The van der Waals surface area contributed by atoms with Gasteiger partial charge < -0.3 is 5.32 Å². The fraction of sp³-hybridized carbons (Fsp3) is 0.647. The van der Waals surface area contributed by atoms with Gasteiger partial charge in [-0.25, -0.2) is 0 Å². The lowest BCUT2D eigenvalue weighted by Gasteiger charge is -2.23. The van der Waals surface area contributed by atoms with E-state index in [0.29, 0.717) is 5.92 Å². The lowest BCUT2D eigenvalue weighted by molar-refractivity contribution is 0.382. The van der Waals surface area contributed by atoms with Gasteiger partial charge in [-0.1, -0.05) is 38.5 Å². The molecule has 0 amide bonds. The molecule has 1 unspecified atom stereocenters. The van der Waals surface area contributed by atoms with E-state index in [2.05, 4.69) is 44.3 Å². The molecule has 1 atom stereocenters.